The molecule has 1 rings (SSSR count). The summed E-state index contributed by atoms with van der Waals surface area (Å²) in [6, 6.07) is 6.08. The van der Waals surface area contributed by atoms with Gasteiger partial charge in [-0.2, -0.15) is 0 Å². The van der Waals surface area contributed by atoms with Crippen molar-refractivity contribution in [3.63, 3.8) is 0 Å². The molecule has 0 saturated carbocycles. The van der Waals surface area contributed by atoms with Crippen molar-refractivity contribution in [1.82, 2.24) is 10.2 Å². The number of nitrogens with one attached hydrogen (secondary N) is 1. The average Bonchev–Trinajstić information content (AvgIpc) is 2.61. The zero-order valence-electron chi connectivity index (χ0n) is 15.9. The minimum absolute atomic E-state index is 0.764. The van der Waals surface area contributed by atoms with E-state index in [0.717, 1.165) is 49.9 Å². The van der Waals surface area contributed by atoms with Crippen LogP contribution < -0.4 is 14.8 Å². The number of ether oxygens (including phenoxy) is 2. The van der Waals surface area contributed by atoms with E-state index in [1.54, 1.807) is 14.2 Å². The molecule has 0 atom stereocenters. The molecule has 1 aromatic rings. The third-order valence-corrected chi connectivity index (χ3v) is 3.90. The maximum Gasteiger partial charge on any atom is 0.193 e. The molecule has 1 N–H and O–H groups in total. The van der Waals surface area contributed by atoms with Crippen molar-refractivity contribution in [2.75, 3.05) is 40.9 Å². The van der Waals surface area contributed by atoms with E-state index >= 15 is 0 Å². The highest BCUT2D eigenvalue weighted by Gasteiger charge is 2.08. The predicted molar refractivity (Wildman–Crippen MR) is 101 cm³/mol. The highest BCUT2D eigenvalue weighted by molar-refractivity contribution is 5.79. The Bertz CT molecular complexity index is 503. The molecule has 5 heteroatoms. The van der Waals surface area contributed by atoms with E-state index in [1.807, 2.05) is 12.1 Å². The van der Waals surface area contributed by atoms with Crippen LogP contribution in [0.4, 0.5) is 0 Å². The average molecular weight is 335 g/mol. The van der Waals surface area contributed by atoms with Gasteiger partial charge in [0.25, 0.3) is 0 Å². The van der Waals surface area contributed by atoms with Crippen LogP contribution in [0.3, 0.4) is 0 Å². The predicted octanol–water partition coefficient (Wildman–Crippen LogP) is 3.33. The molecular weight excluding hydrogens is 302 g/mol. The molecule has 0 radical (unpaired) electrons. The van der Waals surface area contributed by atoms with Gasteiger partial charge in [0.05, 0.1) is 14.2 Å². The van der Waals surface area contributed by atoms with Crippen LogP contribution in [0.15, 0.2) is 23.2 Å². The monoisotopic (exact) mass is 335 g/mol. The Kier molecular flexibility index (Phi) is 9.73. The summed E-state index contributed by atoms with van der Waals surface area (Å²) in [5.74, 6) is 2.52. The van der Waals surface area contributed by atoms with Gasteiger partial charge >= 0.3 is 0 Å². The second kappa shape index (κ2) is 11.6. The third kappa shape index (κ3) is 6.69. The molecule has 0 unspecified atom stereocenters. The second-order valence-electron chi connectivity index (χ2n) is 5.80. The lowest BCUT2D eigenvalue weighted by molar-refractivity contribution is 0.354. The molecule has 0 spiro atoms. The number of hydrogen-bond acceptors (Lipinski definition) is 3. The van der Waals surface area contributed by atoms with Gasteiger partial charge in [0.15, 0.2) is 17.5 Å². The van der Waals surface area contributed by atoms with Gasteiger partial charge in [0.2, 0.25) is 0 Å². The van der Waals surface area contributed by atoms with E-state index in [0.29, 0.717) is 0 Å². The van der Waals surface area contributed by atoms with E-state index in [1.165, 1.54) is 18.4 Å². The molecule has 0 amide bonds. The van der Waals surface area contributed by atoms with E-state index in [4.69, 9.17) is 14.5 Å². The Morgan fingerprint density at radius 1 is 1.12 bits per heavy atom. The van der Waals surface area contributed by atoms with Crippen molar-refractivity contribution in [3.05, 3.63) is 23.8 Å². The van der Waals surface area contributed by atoms with Crippen molar-refractivity contribution in [3.8, 4) is 11.5 Å². The van der Waals surface area contributed by atoms with Gasteiger partial charge in [-0.3, -0.25) is 4.99 Å². The van der Waals surface area contributed by atoms with Crippen molar-refractivity contribution >= 4 is 5.96 Å². The number of likely N-dealkylation sites (N-methyl/N-ethyl adjacent to an activating group) is 1. The first-order valence-electron chi connectivity index (χ1n) is 8.86. The molecule has 0 aliphatic rings. The number of hydrogen-bond donors (Lipinski definition) is 1. The zero-order valence-corrected chi connectivity index (χ0v) is 15.9. The molecule has 0 aromatic heterocycles. The van der Waals surface area contributed by atoms with Crippen LogP contribution in [0, 0.1) is 0 Å². The number of unbranched alkanes of at least 4 members (excludes halogenated alkanes) is 2. The number of rotatable bonds is 10. The molecule has 0 fully saturated rings. The molecule has 0 aliphatic heterocycles. The second-order valence-corrected chi connectivity index (χ2v) is 5.80. The van der Waals surface area contributed by atoms with Crippen LogP contribution in [0.25, 0.3) is 0 Å². The first-order valence-corrected chi connectivity index (χ1v) is 8.86. The number of guanidine groups is 1. The van der Waals surface area contributed by atoms with Gasteiger partial charge in [-0.25, -0.2) is 0 Å². The van der Waals surface area contributed by atoms with Gasteiger partial charge in [0.1, 0.15) is 0 Å². The molecule has 5 nitrogen and oxygen atoms in total. The maximum atomic E-state index is 5.37. The Balaban J connectivity index is 2.62. The Morgan fingerprint density at radius 3 is 2.50 bits per heavy atom. The highest BCUT2D eigenvalue weighted by atomic mass is 16.5. The summed E-state index contributed by atoms with van der Waals surface area (Å²) in [7, 11) is 5.41. The highest BCUT2D eigenvalue weighted by Crippen LogP contribution is 2.27. The number of benzene rings is 1. The van der Waals surface area contributed by atoms with Crippen LogP contribution in [0.1, 0.15) is 38.7 Å². The maximum absolute atomic E-state index is 5.37. The fourth-order valence-electron chi connectivity index (χ4n) is 2.46. The van der Waals surface area contributed by atoms with Gasteiger partial charge in [-0.15, -0.1) is 0 Å². The molecule has 24 heavy (non-hydrogen) atoms. The standard InChI is InChI=1S/C19H33N3O2/c1-6-8-9-13-21-19(20-7-2)22(3)14-12-16-10-11-17(23-4)18(15-16)24-5/h10-11,15H,6-9,12-14H2,1-5H3,(H,20,21). The summed E-state index contributed by atoms with van der Waals surface area (Å²) in [6.07, 6.45) is 4.53. The van der Waals surface area contributed by atoms with Gasteiger partial charge < -0.3 is 19.7 Å². The SMILES string of the molecule is CCCCCN=C(NCC)N(C)CCc1ccc(OC)c(OC)c1. The number of nitrogens with zero attached hydrogens (tertiary/aromatic N) is 2. The van der Waals surface area contributed by atoms with E-state index in [9.17, 15) is 0 Å². The zero-order chi connectivity index (χ0) is 17.8. The first kappa shape index (κ1) is 20.1. The van der Waals surface area contributed by atoms with Crippen LogP contribution in [0.2, 0.25) is 0 Å². The molecule has 1 aromatic carbocycles. The summed E-state index contributed by atoms with van der Waals surface area (Å²) in [5.41, 5.74) is 1.22. The molecule has 0 bridgehead atoms. The molecule has 0 aliphatic carbocycles. The molecule has 0 saturated heterocycles. The van der Waals surface area contributed by atoms with Crippen molar-refractivity contribution < 1.29 is 9.47 Å². The lowest BCUT2D eigenvalue weighted by Crippen LogP contribution is -2.40. The fraction of sp³-hybridized carbons (Fsp3) is 0.632. The van der Waals surface area contributed by atoms with Crippen molar-refractivity contribution in [2.45, 2.75) is 39.5 Å². The van der Waals surface area contributed by atoms with Gasteiger partial charge in [-0.05, 0) is 37.5 Å². The van der Waals surface area contributed by atoms with Crippen LogP contribution in [0.5, 0.6) is 11.5 Å². The summed E-state index contributed by atoms with van der Waals surface area (Å²) in [6.45, 7) is 6.98. The minimum atomic E-state index is 0.764. The largest absolute Gasteiger partial charge is 0.493 e. The molecule has 0 heterocycles. The Labute approximate surface area is 147 Å². The Morgan fingerprint density at radius 2 is 1.88 bits per heavy atom. The molecular formula is C19H33N3O2. The van der Waals surface area contributed by atoms with E-state index < -0.39 is 0 Å². The topological polar surface area (TPSA) is 46.1 Å². The van der Waals surface area contributed by atoms with Gasteiger partial charge in [0, 0.05) is 26.7 Å². The fourth-order valence-corrected chi connectivity index (χ4v) is 2.46. The van der Waals surface area contributed by atoms with Crippen molar-refractivity contribution in [1.29, 1.82) is 0 Å². The first-order chi connectivity index (χ1) is 11.7. The van der Waals surface area contributed by atoms with Gasteiger partial charge in [-0.1, -0.05) is 25.8 Å². The quantitative estimate of drug-likeness (QED) is 0.405. The molecule has 136 valence electrons. The third-order valence-electron chi connectivity index (χ3n) is 3.90. The summed E-state index contributed by atoms with van der Waals surface area (Å²) in [4.78, 5) is 6.90. The lowest BCUT2D eigenvalue weighted by atomic mass is 10.1. The lowest BCUT2D eigenvalue weighted by Gasteiger charge is -2.22. The normalized spacial score (nSPS) is 11.3. The minimum Gasteiger partial charge on any atom is -0.493 e. The van der Waals surface area contributed by atoms with Crippen LogP contribution in [-0.4, -0.2) is 51.8 Å². The van der Waals surface area contributed by atoms with E-state index in [-0.39, 0.29) is 0 Å². The van der Waals surface area contributed by atoms with Crippen molar-refractivity contribution in [2.24, 2.45) is 4.99 Å². The summed E-state index contributed by atoms with van der Waals surface area (Å²) in [5, 5.41) is 3.37. The summed E-state index contributed by atoms with van der Waals surface area (Å²) < 4.78 is 10.7. The number of aliphatic imine (C=N–C) groups is 1. The van der Waals surface area contributed by atoms with Crippen LogP contribution >= 0.6 is 0 Å². The van der Waals surface area contributed by atoms with E-state index in [2.05, 4.69) is 37.2 Å². The smallest absolute Gasteiger partial charge is 0.193 e. The number of methoxy groups -OCH3 is 2. The Hall–Kier alpha value is -1.91. The summed E-state index contributed by atoms with van der Waals surface area (Å²) >= 11 is 0. The van der Waals surface area contributed by atoms with Crippen LogP contribution in [-0.2, 0) is 6.42 Å².